The lowest BCUT2D eigenvalue weighted by molar-refractivity contribution is -0.140. The van der Waals surface area contributed by atoms with E-state index in [9.17, 15) is 14.4 Å². The Morgan fingerprint density at radius 3 is 1.41 bits per heavy atom. The number of likely N-dealkylation sites (N-methyl/N-ethyl adjacent to an activating group) is 1. The largest absolute Gasteiger partial charge is 0.466 e. The average molecular weight is 387 g/mol. The Kier molecular flexibility index (Phi) is 19.9. The van der Waals surface area contributed by atoms with Gasteiger partial charge in [-0.2, -0.15) is 0 Å². The summed E-state index contributed by atoms with van der Waals surface area (Å²) in [4.78, 5) is 33.4. The zero-order chi connectivity index (χ0) is 22.0. The van der Waals surface area contributed by atoms with E-state index in [1.54, 1.807) is 20.8 Å². The molecule has 0 amide bonds. The fourth-order valence-corrected chi connectivity index (χ4v) is 0.880. The van der Waals surface area contributed by atoms with Crippen LogP contribution < -0.4 is 0 Å². The molecule has 0 aromatic heterocycles. The van der Waals surface area contributed by atoms with Gasteiger partial charge < -0.3 is 24.2 Å². The van der Waals surface area contributed by atoms with Crippen molar-refractivity contribution in [3.05, 3.63) is 36.5 Å². The molecule has 8 heteroatoms. The van der Waals surface area contributed by atoms with Crippen LogP contribution in [0.25, 0.3) is 0 Å². The monoisotopic (exact) mass is 387 g/mol. The van der Waals surface area contributed by atoms with Crippen LogP contribution >= 0.6 is 0 Å². The van der Waals surface area contributed by atoms with Crippen LogP contribution in [-0.4, -0.2) is 75.5 Å². The first-order valence-electron chi connectivity index (χ1n) is 8.05. The van der Waals surface area contributed by atoms with Gasteiger partial charge in [0.15, 0.2) is 0 Å². The summed E-state index contributed by atoms with van der Waals surface area (Å²) < 4.78 is 13.6. The van der Waals surface area contributed by atoms with E-state index >= 15 is 0 Å². The number of methoxy groups -OCH3 is 1. The van der Waals surface area contributed by atoms with Gasteiger partial charge in [0.25, 0.3) is 0 Å². The molecule has 0 aliphatic heterocycles. The van der Waals surface area contributed by atoms with Gasteiger partial charge in [-0.05, 0) is 34.9 Å². The number of ether oxygens (including phenoxy) is 3. The van der Waals surface area contributed by atoms with Crippen LogP contribution in [0.5, 0.6) is 0 Å². The molecule has 8 nitrogen and oxygen atoms in total. The molecule has 0 spiro atoms. The number of nitrogens with zero attached hydrogens (tertiary/aromatic N) is 1. The summed E-state index contributed by atoms with van der Waals surface area (Å²) in [5, 5.41) is 8.19. The van der Waals surface area contributed by atoms with Crippen molar-refractivity contribution in [2.24, 2.45) is 0 Å². The number of carbonyl (C=O) groups excluding carboxylic acids is 3. The van der Waals surface area contributed by atoms with Gasteiger partial charge in [-0.15, -0.1) is 0 Å². The lowest BCUT2D eigenvalue weighted by Gasteiger charge is -2.09. The highest BCUT2D eigenvalue weighted by Gasteiger charge is 2.02. The lowest BCUT2D eigenvalue weighted by atomic mass is 10.4. The SMILES string of the molecule is C=C(C)C(=O)OC.C=C(C)C(=O)OCCN(C)C.C=C(C)C(=O)OCCO. The smallest absolute Gasteiger partial charge is 0.333 e. The van der Waals surface area contributed by atoms with Crippen LogP contribution in [0, 0.1) is 0 Å². The standard InChI is InChI=1S/C8H15NO2.C6H10O3.C5H8O2/c1-7(2)8(10)11-6-5-9(3)4;1-5(2)6(8)9-4-3-7;1-4(2)5(6)7-3/h1,5-6H2,2-4H3;7H,1,3-4H2,2H3;1H2,2-3H3. The second-order valence-corrected chi connectivity index (χ2v) is 5.63. The third-order valence-electron chi connectivity index (χ3n) is 2.33. The summed E-state index contributed by atoms with van der Waals surface area (Å²) in [7, 11) is 5.18. The van der Waals surface area contributed by atoms with Gasteiger partial charge in [0.1, 0.15) is 13.2 Å². The van der Waals surface area contributed by atoms with E-state index in [2.05, 4.69) is 29.2 Å². The Bertz CT molecular complexity index is 510. The van der Waals surface area contributed by atoms with Crippen LogP contribution in [0.1, 0.15) is 20.8 Å². The molecule has 0 heterocycles. The molecule has 0 saturated carbocycles. The Labute approximate surface area is 162 Å². The highest BCUT2D eigenvalue weighted by atomic mass is 16.5. The maximum Gasteiger partial charge on any atom is 0.333 e. The van der Waals surface area contributed by atoms with E-state index in [0.717, 1.165) is 6.54 Å². The molecule has 0 unspecified atom stereocenters. The zero-order valence-corrected chi connectivity index (χ0v) is 17.3. The van der Waals surface area contributed by atoms with Crippen LogP contribution in [0.2, 0.25) is 0 Å². The van der Waals surface area contributed by atoms with Crippen molar-refractivity contribution in [3.63, 3.8) is 0 Å². The van der Waals surface area contributed by atoms with Crippen molar-refractivity contribution in [1.82, 2.24) is 4.90 Å². The molecular formula is C19H33NO7. The minimum absolute atomic E-state index is 0.0473. The summed E-state index contributed by atoms with van der Waals surface area (Å²) in [6.45, 7) is 16.0. The molecule has 0 aromatic rings. The minimum atomic E-state index is -0.455. The molecule has 27 heavy (non-hydrogen) atoms. The summed E-state index contributed by atoms with van der Waals surface area (Å²) in [5.74, 6) is -1.11. The predicted octanol–water partition coefficient (Wildman–Crippen LogP) is 1.50. The molecule has 0 saturated heterocycles. The molecule has 0 aliphatic rings. The molecule has 0 aliphatic carbocycles. The molecule has 0 atom stereocenters. The van der Waals surface area contributed by atoms with Gasteiger partial charge in [0, 0.05) is 23.3 Å². The van der Waals surface area contributed by atoms with Gasteiger partial charge in [-0.1, -0.05) is 19.7 Å². The van der Waals surface area contributed by atoms with Gasteiger partial charge in [0.2, 0.25) is 0 Å². The number of aliphatic hydroxyl groups is 1. The van der Waals surface area contributed by atoms with Crippen molar-refractivity contribution < 1.29 is 33.7 Å². The van der Waals surface area contributed by atoms with Crippen molar-refractivity contribution in [1.29, 1.82) is 0 Å². The van der Waals surface area contributed by atoms with Crippen LogP contribution in [0.3, 0.4) is 0 Å². The second kappa shape index (κ2) is 18.3. The molecule has 0 fully saturated rings. The Hall–Kier alpha value is -2.45. The first kappa shape index (κ1) is 29.3. The van der Waals surface area contributed by atoms with E-state index < -0.39 is 5.97 Å². The summed E-state index contributed by atoms with van der Waals surface area (Å²) in [5.41, 5.74) is 1.23. The van der Waals surface area contributed by atoms with Crippen LogP contribution in [0.4, 0.5) is 0 Å². The first-order chi connectivity index (χ1) is 12.4. The van der Waals surface area contributed by atoms with Crippen molar-refractivity contribution in [3.8, 4) is 0 Å². The highest BCUT2D eigenvalue weighted by Crippen LogP contribution is 1.91. The molecule has 0 aromatic carbocycles. The fourth-order valence-electron chi connectivity index (χ4n) is 0.880. The fraction of sp³-hybridized carbons (Fsp3) is 0.526. The lowest BCUT2D eigenvalue weighted by Crippen LogP contribution is -2.20. The van der Waals surface area contributed by atoms with E-state index in [1.807, 2.05) is 19.0 Å². The van der Waals surface area contributed by atoms with E-state index in [1.165, 1.54) is 7.11 Å². The number of hydrogen-bond acceptors (Lipinski definition) is 8. The van der Waals surface area contributed by atoms with Gasteiger partial charge in [-0.3, -0.25) is 0 Å². The molecule has 0 bridgehead atoms. The zero-order valence-electron chi connectivity index (χ0n) is 17.3. The third kappa shape index (κ3) is 23.6. The quantitative estimate of drug-likeness (QED) is 0.380. The average Bonchev–Trinajstić information content (AvgIpc) is 2.59. The van der Waals surface area contributed by atoms with Crippen molar-refractivity contribution in [2.45, 2.75) is 20.8 Å². The number of carbonyl (C=O) groups is 3. The molecule has 0 radical (unpaired) electrons. The Morgan fingerprint density at radius 2 is 1.19 bits per heavy atom. The molecule has 1 N–H and O–H groups in total. The normalized spacial score (nSPS) is 8.89. The first-order valence-corrected chi connectivity index (χ1v) is 8.05. The van der Waals surface area contributed by atoms with Gasteiger partial charge in [0.05, 0.1) is 13.7 Å². The van der Waals surface area contributed by atoms with Crippen LogP contribution in [-0.2, 0) is 28.6 Å². The van der Waals surface area contributed by atoms with Gasteiger partial charge in [-0.25, -0.2) is 14.4 Å². The molecule has 0 rings (SSSR count). The number of rotatable bonds is 8. The third-order valence-corrected chi connectivity index (χ3v) is 2.33. The Balaban J connectivity index is -0.000000329. The van der Waals surface area contributed by atoms with Crippen molar-refractivity contribution >= 4 is 17.9 Å². The minimum Gasteiger partial charge on any atom is -0.466 e. The Morgan fingerprint density at radius 1 is 0.815 bits per heavy atom. The highest BCUT2D eigenvalue weighted by molar-refractivity contribution is 5.87. The van der Waals surface area contributed by atoms with Crippen molar-refractivity contribution in [2.75, 3.05) is 47.6 Å². The predicted molar refractivity (Wildman–Crippen MR) is 104 cm³/mol. The number of hydrogen-bond donors (Lipinski definition) is 1. The second-order valence-electron chi connectivity index (χ2n) is 5.63. The maximum atomic E-state index is 10.8. The van der Waals surface area contributed by atoms with E-state index in [0.29, 0.717) is 23.3 Å². The summed E-state index contributed by atoms with van der Waals surface area (Å²) in [6.07, 6.45) is 0. The van der Waals surface area contributed by atoms with Gasteiger partial charge >= 0.3 is 17.9 Å². The molecular weight excluding hydrogens is 354 g/mol. The van der Waals surface area contributed by atoms with E-state index in [-0.39, 0.29) is 25.2 Å². The topological polar surface area (TPSA) is 102 Å². The number of esters is 3. The molecule has 156 valence electrons. The van der Waals surface area contributed by atoms with Crippen LogP contribution in [0.15, 0.2) is 36.5 Å². The summed E-state index contributed by atoms with van der Waals surface area (Å²) >= 11 is 0. The van der Waals surface area contributed by atoms with E-state index in [4.69, 9.17) is 9.84 Å². The number of aliphatic hydroxyl groups excluding tert-OH is 1. The summed E-state index contributed by atoms with van der Waals surface area (Å²) in [6, 6.07) is 0. The maximum absolute atomic E-state index is 10.8.